The summed E-state index contributed by atoms with van der Waals surface area (Å²) in [6.07, 6.45) is 12.1. The summed E-state index contributed by atoms with van der Waals surface area (Å²) in [4.78, 5) is 87.1. The number of hydrogen-bond donors (Lipinski definition) is 8. The first-order valence-electron chi connectivity index (χ1n) is 25.8. The van der Waals surface area contributed by atoms with Gasteiger partial charge in [-0.1, -0.05) is 44.9 Å². The van der Waals surface area contributed by atoms with Gasteiger partial charge in [0, 0.05) is 48.2 Å². The summed E-state index contributed by atoms with van der Waals surface area (Å²) in [5.41, 5.74) is 9.41. The van der Waals surface area contributed by atoms with Gasteiger partial charge in [-0.3, -0.25) is 19.2 Å². The molecule has 8 aromatic rings. The topological polar surface area (TPSA) is 238 Å². The third-order valence-corrected chi connectivity index (χ3v) is 12.9. The lowest BCUT2D eigenvalue weighted by Gasteiger charge is -2.09. The Balaban J connectivity index is 0.659. The number of fused-ring (bicyclic) bond motifs is 4. The van der Waals surface area contributed by atoms with E-state index in [1.54, 1.807) is 12.1 Å². The van der Waals surface area contributed by atoms with Crippen molar-refractivity contribution in [3.8, 4) is 22.8 Å². The van der Waals surface area contributed by atoms with E-state index in [9.17, 15) is 19.2 Å². The molecule has 0 saturated carbocycles. The molecule has 4 amide bonds. The Morgan fingerprint density at radius 1 is 0.425 bits per heavy atom. The summed E-state index contributed by atoms with van der Waals surface area (Å²) >= 11 is 0. The van der Waals surface area contributed by atoms with Crippen LogP contribution in [-0.4, -0.2) is 128 Å². The van der Waals surface area contributed by atoms with Gasteiger partial charge in [0.25, 0.3) is 11.8 Å². The number of carbonyl (C=O) groups is 4. The predicted molar refractivity (Wildman–Crippen MR) is 288 cm³/mol. The minimum absolute atomic E-state index is 0.0197. The van der Waals surface area contributed by atoms with Gasteiger partial charge in [-0.25, -0.2) is 19.9 Å². The van der Waals surface area contributed by atoms with Gasteiger partial charge in [0.05, 0.1) is 57.2 Å². The number of nitrogens with zero attached hydrogens (tertiary/aromatic N) is 6. The Morgan fingerprint density at radius 2 is 0.795 bits per heavy atom. The number of imidazole rings is 4. The van der Waals surface area contributed by atoms with E-state index >= 15 is 0 Å². The van der Waals surface area contributed by atoms with E-state index in [1.165, 1.54) is 0 Å². The second kappa shape index (κ2) is 25.3. The van der Waals surface area contributed by atoms with Gasteiger partial charge in [-0.05, 0) is 140 Å². The van der Waals surface area contributed by atoms with Crippen LogP contribution in [0.1, 0.15) is 116 Å². The van der Waals surface area contributed by atoms with E-state index in [2.05, 4.69) is 61.0 Å². The Hall–Kier alpha value is -7.44. The van der Waals surface area contributed by atoms with Crippen molar-refractivity contribution < 1.29 is 19.2 Å². The zero-order valence-corrected chi connectivity index (χ0v) is 42.7. The fourth-order valence-corrected chi connectivity index (χ4v) is 8.91. The molecule has 4 aromatic carbocycles. The number of H-pyrrole nitrogens is 4. The molecular formula is C55H70N14O4. The number of amides is 4. The average molecular weight is 991 g/mol. The van der Waals surface area contributed by atoms with Crippen molar-refractivity contribution in [1.82, 2.24) is 70.9 Å². The molecule has 0 aliphatic carbocycles. The van der Waals surface area contributed by atoms with Gasteiger partial charge in [0.2, 0.25) is 11.8 Å². The quantitative estimate of drug-likeness (QED) is 0.0219. The summed E-state index contributed by atoms with van der Waals surface area (Å²) in [5.74, 6) is 2.62. The Morgan fingerprint density at radius 3 is 1.21 bits per heavy atom. The van der Waals surface area contributed by atoms with Crippen molar-refractivity contribution >= 4 is 67.8 Å². The van der Waals surface area contributed by atoms with Crippen LogP contribution in [-0.2, 0) is 22.7 Å². The lowest BCUT2D eigenvalue weighted by atomic mass is 10.1. The number of hydrogen-bond acceptors (Lipinski definition) is 10. The fraction of sp³-hybridized carbons (Fsp3) is 0.418. The van der Waals surface area contributed by atoms with Crippen LogP contribution in [0.5, 0.6) is 0 Å². The van der Waals surface area contributed by atoms with Crippen LogP contribution >= 0.6 is 0 Å². The molecule has 0 atom stereocenters. The molecule has 0 aliphatic heterocycles. The van der Waals surface area contributed by atoms with Gasteiger partial charge >= 0.3 is 0 Å². The standard InChI is InChI=1S/C55H70N14O4/c1-68(2)28-14-26-56-54(72)38-20-24-42-46(32-38)66-52(64-42)36-18-22-40-44(30-36)62-48(60-40)34-58-50(70)16-12-10-8-6-5-7-9-11-13-17-51(71)59-35-49-61-41-23-19-37(31-45(41)63-49)53-65-43-25-21-39(33-47(43)67-53)55(73)57-27-15-29-69(3)4/h18-25,30-33H,5-17,26-29,34-35H2,1-4H3,(H,56,72)(H,57,73)(H,58,70)(H,59,71)(H,60,62)(H,61,63)(H,64,66)(H,65,67). The normalized spacial score (nSPS) is 11.7. The van der Waals surface area contributed by atoms with Crippen LogP contribution in [0.3, 0.4) is 0 Å². The summed E-state index contributed by atoms with van der Waals surface area (Å²) in [7, 11) is 8.07. The second-order valence-electron chi connectivity index (χ2n) is 19.5. The SMILES string of the molecule is CN(C)CCCNC(=O)c1ccc2nc(-c3ccc4nc(CNC(=O)CCCCCCCCCCCC(=O)NCc5nc6ccc(-c7nc8ccc(C(=O)NCCCN(C)C)cc8[nH]7)cc6[nH]5)[nH]c4c3)[nH]c2c1. The van der Waals surface area contributed by atoms with Crippen LogP contribution in [0.15, 0.2) is 72.8 Å². The van der Waals surface area contributed by atoms with Crippen molar-refractivity contribution in [2.24, 2.45) is 0 Å². The van der Waals surface area contributed by atoms with E-state index < -0.39 is 0 Å². The van der Waals surface area contributed by atoms with Crippen LogP contribution in [0.2, 0.25) is 0 Å². The van der Waals surface area contributed by atoms with Gasteiger partial charge in [0.15, 0.2) is 0 Å². The van der Waals surface area contributed by atoms with E-state index in [1.807, 2.05) is 88.9 Å². The summed E-state index contributed by atoms with van der Waals surface area (Å²) in [6, 6.07) is 22.8. The molecule has 0 bridgehead atoms. The minimum atomic E-state index is -0.102. The van der Waals surface area contributed by atoms with Gasteiger partial charge in [0.1, 0.15) is 23.3 Å². The first kappa shape index (κ1) is 51.9. The van der Waals surface area contributed by atoms with Crippen LogP contribution in [0.25, 0.3) is 66.9 Å². The van der Waals surface area contributed by atoms with Crippen molar-refractivity contribution in [3.63, 3.8) is 0 Å². The molecule has 4 aromatic heterocycles. The molecule has 8 N–H and O–H groups in total. The number of aromatic amines is 4. The van der Waals surface area contributed by atoms with Crippen molar-refractivity contribution in [3.05, 3.63) is 95.6 Å². The van der Waals surface area contributed by atoms with Crippen molar-refractivity contribution in [2.75, 3.05) is 54.4 Å². The maximum absolute atomic E-state index is 12.7. The van der Waals surface area contributed by atoms with Crippen molar-refractivity contribution in [2.45, 2.75) is 96.6 Å². The molecule has 0 spiro atoms. The highest BCUT2D eigenvalue weighted by molar-refractivity contribution is 5.99. The van der Waals surface area contributed by atoms with Gasteiger partial charge < -0.3 is 51.0 Å². The van der Waals surface area contributed by atoms with Gasteiger partial charge in [-0.15, -0.1) is 0 Å². The molecular weight excluding hydrogens is 921 g/mol. The highest BCUT2D eigenvalue weighted by Gasteiger charge is 2.15. The lowest BCUT2D eigenvalue weighted by Crippen LogP contribution is -2.27. The maximum Gasteiger partial charge on any atom is 0.251 e. The molecule has 0 fully saturated rings. The third kappa shape index (κ3) is 14.8. The highest BCUT2D eigenvalue weighted by atomic mass is 16.2. The number of unbranched alkanes of at least 4 members (excludes halogenated alkanes) is 8. The van der Waals surface area contributed by atoms with E-state index in [4.69, 9.17) is 9.97 Å². The molecule has 8 rings (SSSR count). The molecule has 4 heterocycles. The molecule has 0 radical (unpaired) electrons. The smallest absolute Gasteiger partial charge is 0.251 e. The predicted octanol–water partition coefficient (Wildman–Crippen LogP) is 8.11. The second-order valence-corrected chi connectivity index (χ2v) is 19.5. The average Bonchev–Trinajstić information content (AvgIpc) is 4.20. The molecule has 0 unspecified atom stereocenters. The van der Waals surface area contributed by atoms with E-state index in [0.29, 0.717) is 73.4 Å². The fourth-order valence-electron chi connectivity index (χ4n) is 8.91. The maximum atomic E-state index is 12.7. The lowest BCUT2D eigenvalue weighted by molar-refractivity contribution is -0.122. The van der Waals surface area contributed by atoms with E-state index in [-0.39, 0.29) is 23.6 Å². The molecule has 0 saturated heterocycles. The minimum Gasteiger partial charge on any atom is -0.352 e. The van der Waals surface area contributed by atoms with Crippen LogP contribution in [0, 0.1) is 0 Å². The molecule has 384 valence electrons. The molecule has 18 heteroatoms. The zero-order chi connectivity index (χ0) is 51.1. The first-order chi connectivity index (χ1) is 35.4. The Labute approximate surface area is 425 Å². The zero-order valence-electron chi connectivity index (χ0n) is 42.7. The number of carbonyl (C=O) groups excluding carboxylic acids is 4. The number of benzene rings is 4. The monoisotopic (exact) mass is 991 g/mol. The molecule has 0 aliphatic rings. The highest BCUT2D eigenvalue weighted by Crippen LogP contribution is 2.27. The largest absolute Gasteiger partial charge is 0.352 e. The first-order valence-corrected chi connectivity index (χ1v) is 25.8. The summed E-state index contributed by atoms with van der Waals surface area (Å²) in [6.45, 7) is 3.72. The van der Waals surface area contributed by atoms with E-state index in [0.717, 1.165) is 139 Å². The summed E-state index contributed by atoms with van der Waals surface area (Å²) in [5, 5.41) is 12.0. The molecule has 18 nitrogen and oxygen atoms in total. The third-order valence-electron chi connectivity index (χ3n) is 12.9. The number of rotatable bonds is 28. The Bertz CT molecular complexity index is 2940. The summed E-state index contributed by atoms with van der Waals surface area (Å²) < 4.78 is 0. The van der Waals surface area contributed by atoms with Crippen LogP contribution < -0.4 is 21.3 Å². The van der Waals surface area contributed by atoms with Crippen molar-refractivity contribution in [1.29, 1.82) is 0 Å². The Kier molecular flexibility index (Phi) is 18.0. The van der Waals surface area contributed by atoms with Gasteiger partial charge in [-0.2, -0.15) is 0 Å². The number of nitrogens with one attached hydrogen (secondary N) is 8. The van der Waals surface area contributed by atoms with Crippen LogP contribution in [0.4, 0.5) is 0 Å². The number of aromatic nitrogens is 8. The molecule has 73 heavy (non-hydrogen) atoms.